The lowest BCUT2D eigenvalue weighted by Crippen LogP contribution is -2.14. The lowest BCUT2D eigenvalue weighted by Gasteiger charge is -2.16. The molecular formula is C48H31NO8S3. The number of rotatable bonds is 4. The molecule has 12 heteroatoms. The summed E-state index contributed by atoms with van der Waals surface area (Å²) in [6.07, 6.45) is 5.34. The van der Waals surface area contributed by atoms with Gasteiger partial charge in [0.1, 0.15) is 45.2 Å². The number of hydrogen-bond acceptors (Lipinski definition) is 11. The van der Waals surface area contributed by atoms with Crippen molar-refractivity contribution < 1.29 is 33.3 Å². The van der Waals surface area contributed by atoms with Crippen LogP contribution in [0.15, 0.2) is 107 Å². The van der Waals surface area contributed by atoms with E-state index >= 15 is 0 Å². The van der Waals surface area contributed by atoms with E-state index in [1.165, 1.54) is 6.07 Å². The van der Waals surface area contributed by atoms with E-state index in [9.17, 15) is 10.1 Å². The molecule has 0 saturated heterocycles. The molecular weight excluding hydrogens is 815 g/mol. The molecule has 0 radical (unpaired) electrons. The molecule has 60 heavy (non-hydrogen) atoms. The third-order valence-electron chi connectivity index (χ3n) is 9.40. The number of thiophene rings is 3. The van der Waals surface area contributed by atoms with Gasteiger partial charge in [-0.2, -0.15) is 0 Å². The number of ether oxygens (including phenoxy) is 6. The van der Waals surface area contributed by atoms with Crippen LogP contribution in [0.1, 0.15) is 27.8 Å². The average Bonchev–Trinajstić information content (AvgIpc) is 4.06. The zero-order valence-corrected chi connectivity index (χ0v) is 34.1. The van der Waals surface area contributed by atoms with Gasteiger partial charge in [-0.1, -0.05) is 66.0 Å². The molecule has 3 aliphatic heterocycles. The van der Waals surface area contributed by atoms with Gasteiger partial charge in [0.25, 0.3) is 5.69 Å². The molecule has 0 aliphatic carbocycles. The fraction of sp³-hybridized carbons (Fsp3) is 0.125. The van der Waals surface area contributed by atoms with Crippen molar-refractivity contribution in [1.29, 1.82) is 0 Å². The maximum Gasteiger partial charge on any atom is 0.286 e. The van der Waals surface area contributed by atoms with Crippen LogP contribution in [0.3, 0.4) is 0 Å². The topological polar surface area (TPSA) is 98.5 Å². The van der Waals surface area contributed by atoms with Crippen LogP contribution in [0.4, 0.5) is 5.69 Å². The second-order valence-corrected chi connectivity index (χ2v) is 15.9. The minimum atomic E-state index is -0.428. The van der Waals surface area contributed by atoms with Gasteiger partial charge in [-0.25, -0.2) is 0 Å². The molecule has 0 amide bonds. The van der Waals surface area contributed by atoms with Gasteiger partial charge >= 0.3 is 0 Å². The summed E-state index contributed by atoms with van der Waals surface area (Å²) >= 11 is 4.78. The van der Waals surface area contributed by atoms with Gasteiger partial charge in [0, 0.05) is 44.5 Å². The van der Waals surface area contributed by atoms with Crippen molar-refractivity contribution in [2.45, 2.75) is 0 Å². The van der Waals surface area contributed by atoms with Crippen molar-refractivity contribution >= 4 is 39.7 Å². The number of hydrogen-bond donors (Lipinski definition) is 0. The summed E-state index contributed by atoms with van der Waals surface area (Å²) < 4.78 is 34.0. The Morgan fingerprint density at radius 2 is 0.850 bits per heavy atom. The summed E-state index contributed by atoms with van der Waals surface area (Å²) in [6, 6.07) is 28.3. The average molecular weight is 846 g/mol. The highest BCUT2D eigenvalue weighted by atomic mass is 32.1. The monoisotopic (exact) mass is 845 g/mol. The molecule has 4 aromatic carbocycles. The predicted molar refractivity (Wildman–Crippen MR) is 235 cm³/mol. The molecule has 3 aromatic heterocycles. The first kappa shape index (κ1) is 38.4. The fourth-order valence-electron chi connectivity index (χ4n) is 6.46. The maximum atomic E-state index is 11.9. The molecule has 0 atom stereocenters. The highest BCUT2D eigenvalue weighted by molar-refractivity contribution is 7.15. The fourth-order valence-corrected chi connectivity index (χ4v) is 9.28. The lowest BCUT2D eigenvalue weighted by molar-refractivity contribution is -0.385. The zero-order chi connectivity index (χ0) is 40.8. The van der Waals surface area contributed by atoms with Crippen LogP contribution in [0.2, 0.25) is 0 Å². The second-order valence-electron chi connectivity index (χ2n) is 13.2. The van der Waals surface area contributed by atoms with Gasteiger partial charge in [-0.3, -0.25) is 10.1 Å². The largest absolute Gasteiger partial charge is 0.485 e. The number of nitro groups is 1. The van der Waals surface area contributed by atoms with Crippen molar-refractivity contribution in [1.82, 2.24) is 0 Å². The quantitative estimate of drug-likeness (QED) is 0.0981. The molecule has 0 N–H and O–H groups in total. The summed E-state index contributed by atoms with van der Waals surface area (Å²) in [5.41, 5.74) is 6.33. The zero-order valence-electron chi connectivity index (χ0n) is 31.7. The number of benzene rings is 4. The third-order valence-corrected chi connectivity index (χ3v) is 12.4. The normalized spacial score (nSPS) is 12.9. The van der Waals surface area contributed by atoms with E-state index in [1.807, 2.05) is 88.9 Å². The summed E-state index contributed by atoms with van der Waals surface area (Å²) in [7, 11) is 0. The molecule has 6 heterocycles. The van der Waals surface area contributed by atoms with Crippen LogP contribution in [0.5, 0.6) is 34.5 Å². The van der Waals surface area contributed by atoms with Crippen LogP contribution in [0.25, 0.3) is 31.3 Å². The number of terminal acetylenes is 1. The van der Waals surface area contributed by atoms with Crippen molar-refractivity contribution in [3.8, 4) is 102 Å². The Balaban J connectivity index is 0.000000226. The van der Waals surface area contributed by atoms with Crippen molar-refractivity contribution in [3.63, 3.8) is 0 Å². The summed E-state index contributed by atoms with van der Waals surface area (Å²) in [6.45, 7) is 3.41. The molecule has 3 aliphatic rings. The second kappa shape index (κ2) is 17.4. The Kier molecular flexibility index (Phi) is 11.1. The number of nitro benzene ring substituents is 1. The predicted octanol–water partition coefficient (Wildman–Crippen LogP) is 10.6. The molecule has 10 rings (SSSR count). The van der Waals surface area contributed by atoms with Gasteiger partial charge in [0.05, 0.1) is 19.6 Å². The Morgan fingerprint density at radius 3 is 1.27 bits per heavy atom. The highest BCUT2D eigenvalue weighted by Gasteiger charge is 2.22. The van der Waals surface area contributed by atoms with E-state index in [0.29, 0.717) is 50.8 Å². The number of fused-ring (bicyclic) bond motifs is 3. The van der Waals surface area contributed by atoms with Gasteiger partial charge in [-0.15, -0.1) is 40.4 Å². The first-order valence-corrected chi connectivity index (χ1v) is 21.4. The molecule has 7 aromatic rings. The molecule has 0 bridgehead atoms. The van der Waals surface area contributed by atoms with Crippen LogP contribution < -0.4 is 28.4 Å². The van der Waals surface area contributed by atoms with E-state index in [2.05, 4.69) is 29.6 Å². The van der Waals surface area contributed by atoms with Crippen LogP contribution in [-0.4, -0.2) is 44.6 Å². The van der Waals surface area contributed by atoms with Crippen LogP contribution >= 0.6 is 34.0 Å². The standard InChI is InChI=1S/C34H21NO6S2.C14H10O2S/c36-35(37)28-19-24(2-1-22-4-11-26(12-5-22)33-31-29(20-42-33)38-15-17-40-31)8-10-25(28)9-3-23-6-13-27(14-7-23)34-32-30(21-43-34)39-16-18-41-32;1-2-10-3-5-11(6-4-10)14-13-12(9-17-14)15-7-8-16-13/h4-8,10-14,19-21H,15-18H2;1,3-6,9H,7-8H2. The lowest BCUT2D eigenvalue weighted by atomic mass is 10.1. The molecule has 0 fully saturated rings. The van der Waals surface area contributed by atoms with E-state index < -0.39 is 4.92 Å². The van der Waals surface area contributed by atoms with Crippen molar-refractivity contribution in [3.05, 3.63) is 145 Å². The van der Waals surface area contributed by atoms with E-state index in [-0.39, 0.29) is 5.69 Å². The maximum absolute atomic E-state index is 11.9. The Labute approximate surface area is 357 Å². The first-order chi connectivity index (χ1) is 29.5. The molecule has 0 unspecified atom stereocenters. The first-order valence-electron chi connectivity index (χ1n) is 18.7. The van der Waals surface area contributed by atoms with E-state index in [1.54, 1.807) is 46.1 Å². The van der Waals surface area contributed by atoms with E-state index in [0.717, 1.165) is 82.5 Å². The van der Waals surface area contributed by atoms with Crippen LogP contribution in [-0.2, 0) is 0 Å². The smallest absolute Gasteiger partial charge is 0.286 e. The third kappa shape index (κ3) is 8.24. The van der Waals surface area contributed by atoms with Gasteiger partial charge in [-0.05, 0) is 65.2 Å². The van der Waals surface area contributed by atoms with Gasteiger partial charge in [0.15, 0.2) is 34.5 Å². The number of nitrogens with zero attached hydrogens (tertiary/aromatic N) is 1. The molecule has 0 spiro atoms. The Morgan fingerprint density at radius 1 is 0.483 bits per heavy atom. The van der Waals surface area contributed by atoms with Crippen LogP contribution in [0, 0.1) is 46.1 Å². The molecule has 0 saturated carbocycles. The minimum absolute atomic E-state index is 0.0849. The SMILES string of the molecule is C#Cc1ccc(-c2scc3c2OCCO3)cc1.O=[N+]([O-])c1cc(C#Cc2ccc(-c3scc4c3OCCO4)cc2)ccc1C#Cc1ccc(-c2scc3c2OCCO3)cc1. The highest BCUT2D eigenvalue weighted by Crippen LogP contribution is 2.47. The summed E-state index contributed by atoms with van der Waals surface area (Å²) in [5.74, 6) is 19.6. The Hall–Kier alpha value is -7.14. The minimum Gasteiger partial charge on any atom is -0.485 e. The summed E-state index contributed by atoms with van der Waals surface area (Å²) in [5, 5.41) is 17.7. The van der Waals surface area contributed by atoms with Gasteiger partial charge < -0.3 is 28.4 Å². The molecule has 294 valence electrons. The molecule has 9 nitrogen and oxygen atoms in total. The Bertz CT molecular complexity index is 2880. The van der Waals surface area contributed by atoms with Crippen molar-refractivity contribution in [2.75, 3.05) is 39.6 Å². The van der Waals surface area contributed by atoms with Crippen molar-refractivity contribution in [2.24, 2.45) is 0 Å². The van der Waals surface area contributed by atoms with E-state index in [4.69, 9.17) is 34.8 Å². The van der Waals surface area contributed by atoms with Gasteiger partial charge in [0.2, 0.25) is 0 Å². The summed E-state index contributed by atoms with van der Waals surface area (Å²) in [4.78, 5) is 14.5.